The summed E-state index contributed by atoms with van der Waals surface area (Å²) in [4.78, 5) is 2.57. The van der Waals surface area contributed by atoms with Gasteiger partial charge in [-0.25, -0.2) is 0 Å². The van der Waals surface area contributed by atoms with Crippen molar-refractivity contribution in [3.8, 4) is 0 Å². The first-order valence-corrected chi connectivity index (χ1v) is 5.41. The van der Waals surface area contributed by atoms with Gasteiger partial charge in [-0.2, -0.15) is 0 Å². The number of hydrogen-bond donors (Lipinski definition) is 1. The SMILES string of the molecule is C=C(C)NCCCN1CCCCC1. The number of nitrogens with zero attached hydrogens (tertiary/aromatic N) is 1. The largest absolute Gasteiger partial charge is 0.389 e. The minimum atomic E-state index is 1.08. The number of hydrogen-bond acceptors (Lipinski definition) is 2. The zero-order valence-corrected chi connectivity index (χ0v) is 8.81. The van der Waals surface area contributed by atoms with E-state index in [-0.39, 0.29) is 0 Å². The number of likely N-dealkylation sites (tertiary alicyclic amines) is 1. The third kappa shape index (κ3) is 4.94. The van der Waals surface area contributed by atoms with Crippen LogP contribution in [0.2, 0.25) is 0 Å². The van der Waals surface area contributed by atoms with E-state index in [0.717, 1.165) is 12.2 Å². The molecule has 0 bridgehead atoms. The molecule has 0 radical (unpaired) electrons. The second kappa shape index (κ2) is 6.03. The first-order chi connectivity index (χ1) is 6.29. The van der Waals surface area contributed by atoms with Gasteiger partial charge < -0.3 is 10.2 Å². The Balaban J connectivity index is 1.95. The Morgan fingerprint density at radius 1 is 1.31 bits per heavy atom. The summed E-state index contributed by atoms with van der Waals surface area (Å²) in [6.07, 6.45) is 5.47. The highest BCUT2D eigenvalue weighted by Crippen LogP contribution is 2.08. The normalized spacial score (nSPS) is 18.5. The molecule has 76 valence electrons. The molecule has 1 N–H and O–H groups in total. The molecule has 0 aromatic carbocycles. The fourth-order valence-corrected chi connectivity index (χ4v) is 1.79. The van der Waals surface area contributed by atoms with Crippen molar-refractivity contribution in [3.05, 3.63) is 12.3 Å². The average Bonchev–Trinajstić information content (AvgIpc) is 2.14. The van der Waals surface area contributed by atoms with Crippen LogP contribution >= 0.6 is 0 Å². The number of nitrogens with one attached hydrogen (secondary N) is 1. The summed E-state index contributed by atoms with van der Waals surface area (Å²) in [5.74, 6) is 0. The average molecular weight is 182 g/mol. The van der Waals surface area contributed by atoms with Crippen LogP contribution in [0, 0.1) is 0 Å². The fourth-order valence-electron chi connectivity index (χ4n) is 1.79. The van der Waals surface area contributed by atoms with E-state index < -0.39 is 0 Å². The van der Waals surface area contributed by atoms with Gasteiger partial charge in [0.1, 0.15) is 0 Å². The van der Waals surface area contributed by atoms with Crippen molar-refractivity contribution >= 4 is 0 Å². The van der Waals surface area contributed by atoms with Gasteiger partial charge in [-0.1, -0.05) is 13.0 Å². The minimum Gasteiger partial charge on any atom is -0.389 e. The summed E-state index contributed by atoms with van der Waals surface area (Å²) in [5, 5.41) is 3.26. The molecule has 0 amide bonds. The molecule has 0 atom stereocenters. The molecule has 1 aliphatic rings. The van der Waals surface area contributed by atoms with E-state index in [4.69, 9.17) is 0 Å². The lowest BCUT2D eigenvalue weighted by Crippen LogP contribution is -2.32. The van der Waals surface area contributed by atoms with Gasteiger partial charge >= 0.3 is 0 Å². The molecule has 1 rings (SSSR count). The van der Waals surface area contributed by atoms with Crippen LogP contribution in [0.3, 0.4) is 0 Å². The van der Waals surface area contributed by atoms with Crippen molar-refractivity contribution in [1.29, 1.82) is 0 Å². The van der Waals surface area contributed by atoms with Crippen molar-refractivity contribution in [2.75, 3.05) is 26.2 Å². The minimum absolute atomic E-state index is 1.08. The smallest absolute Gasteiger partial charge is 0.0155 e. The summed E-state index contributed by atoms with van der Waals surface area (Å²) in [7, 11) is 0. The highest BCUT2D eigenvalue weighted by atomic mass is 15.1. The van der Waals surface area contributed by atoms with E-state index in [1.165, 1.54) is 45.3 Å². The van der Waals surface area contributed by atoms with Gasteiger partial charge in [0, 0.05) is 12.2 Å². The summed E-state index contributed by atoms with van der Waals surface area (Å²) < 4.78 is 0. The Labute approximate surface area is 82.0 Å². The van der Waals surface area contributed by atoms with Crippen LogP contribution in [0.5, 0.6) is 0 Å². The molecule has 0 aromatic heterocycles. The quantitative estimate of drug-likeness (QED) is 0.654. The first kappa shape index (κ1) is 10.6. The Kier molecular flexibility index (Phi) is 4.91. The molecule has 0 unspecified atom stereocenters. The monoisotopic (exact) mass is 182 g/mol. The van der Waals surface area contributed by atoms with Crippen LogP contribution < -0.4 is 5.32 Å². The first-order valence-electron chi connectivity index (χ1n) is 5.41. The molecule has 2 heteroatoms. The standard InChI is InChI=1S/C11H22N2/c1-11(2)12-7-6-10-13-8-4-3-5-9-13/h12H,1,3-10H2,2H3. The van der Waals surface area contributed by atoms with Gasteiger partial charge in [-0.05, 0) is 45.8 Å². The molecule has 13 heavy (non-hydrogen) atoms. The Hall–Kier alpha value is -0.500. The lowest BCUT2D eigenvalue weighted by molar-refractivity contribution is 0.226. The Morgan fingerprint density at radius 3 is 2.62 bits per heavy atom. The van der Waals surface area contributed by atoms with Crippen LogP contribution in [0.25, 0.3) is 0 Å². The molecular formula is C11H22N2. The fraction of sp³-hybridized carbons (Fsp3) is 0.818. The Morgan fingerprint density at radius 2 is 2.00 bits per heavy atom. The molecule has 2 nitrogen and oxygen atoms in total. The number of rotatable bonds is 5. The molecule has 0 saturated carbocycles. The maximum absolute atomic E-state index is 3.81. The summed E-state index contributed by atoms with van der Waals surface area (Å²) in [6, 6.07) is 0. The van der Waals surface area contributed by atoms with Crippen LogP contribution in [0.1, 0.15) is 32.6 Å². The van der Waals surface area contributed by atoms with E-state index in [9.17, 15) is 0 Å². The molecule has 0 aromatic rings. The summed E-state index contributed by atoms with van der Waals surface area (Å²) >= 11 is 0. The third-order valence-electron chi connectivity index (χ3n) is 2.53. The Bertz CT molecular complexity index is 148. The molecule has 1 aliphatic heterocycles. The van der Waals surface area contributed by atoms with Crippen LogP contribution in [-0.2, 0) is 0 Å². The van der Waals surface area contributed by atoms with Gasteiger partial charge in [0.2, 0.25) is 0 Å². The van der Waals surface area contributed by atoms with Crippen LogP contribution in [-0.4, -0.2) is 31.1 Å². The molecular weight excluding hydrogens is 160 g/mol. The van der Waals surface area contributed by atoms with Gasteiger partial charge in [-0.15, -0.1) is 0 Å². The maximum atomic E-state index is 3.81. The van der Waals surface area contributed by atoms with Gasteiger partial charge in [0.25, 0.3) is 0 Å². The number of allylic oxidation sites excluding steroid dienone is 1. The molecule has 0 aliphatic carbocycles. The van der Waals surface area contributed by atoms with Crippen LogP contribution in [0.4, 0.5) is 0 Å². The molecule has 1 fully saturated rings. The van der Waals surface area contributed by atoms with Crippen molar-refractivity contribution in [3.63, 3.8) is 0 Å². The maximum Gasteiger partial charge on any atom is 0.0155 e. The van der Waals surface area contributed by atoms with Gasteiger partial charge in [-0.3, -0.25) is 0 Å². The summed E-state index contributed by atoms with van der Waals surface area (Å²) in [6.45, 7) is 10.8. The predicted molar refractivity (Wildman–Crippen MR) is 57.7 cm³/mol. The van der Waals surface area contributed by atoms with Crippen molar-refractivity contribution in [2.24, 2.45) is 0 Å². The van der Waals surface area contributed by atoms with E-state index in [1.807, 2.05) is 6.92 Å². The second-order valence-corrected chi connectivity index (χ2v) is 3.96. The molecule has 0 spiro atoms. The topological polar surface area (TPSA) is 15.3 Å². The van der Waals surface area contributed by atoms with Crippen molar-refractivity contribution in [2.45, 2.75) is 32.6 Å². The van der Waals surface area contributed by atoms with Crippen molar-refractivity contribution < 1.29 is 0 Å². The third-order valence-corrected chi connectivity index (χ3v) is 2.53. The van der Waals surface area contributed by atoms with E-state index in [2.05, 4.69) is 16.8 Å². The second-order valence-electron chi connectivity index (χ2n) is 3.96. The van der Waals surface area contributed by atoms with E-state index in [0.29, 0.717) is 0 Å². The van der Waals surface area contributed by atoms with Gasteiger partial charge in [0.05, 0.1) is 0 Å². The predicted octanol–water partition coefficient (Wildman–Crippen LogP) is 1.99. The van der Waals surface area contributed by atoms with Gasteiger partial charge in [0.15, 0.2) is 0 Å². The zero-order valence-electron chi connectivity index (χ0n) is 8.81. The lowest BCUT2D eigenvalue weighted by atomic mass is 10.1. The number of piperidine rings is 1. The lowest BCUT2D eigenvalue weighted by Gasteiger charge is -2.26. The molecule has 1 saturated heterocycles. The highest BCUT2D eigenvalue weighted by Gasteiger charge is 2.08. The van der Waals surface area contributed by atoms with Crippen molar-refractivity contribution in [1.82, 2.24) is 10.2 Å². The van der Waals surface area contributed by atoms with Crippen LogP contribution in [0.15, 0.2) is 12.3 Å². The zero-order chi connectivity index (χ0) is 9.52. The summed E-state index contributed by atoms with van der Waals surface area (Å²) in [5.41, 5.74) is 1.08. The van der Waals surface area contributed by atoms with E-state index >= 15 is 0 Å². The van der Waals surface area contributed by atoms with E-state index in [1.54, 1.807) is 0 Å². The molecule has 1 heterocycles. The highest BCUT2D eigenvalue weighted by molar-refractivity contribution is 4.83.